The smallest absolute Gasteiger partial charge is 0.339 e. The number of rotatable bonds is 5. The number of barbiturate groups is 1. The van der Waals surface area contributed by atoms with E-state index in [4.69, 9.17) is 4.18 Å². The van der Waals surface area contributed by atoms with Crippen molar-refractivity contribution >= 4 is 55.7 Å². The zero-order chi connectivity index (χ0) is 23.6. The SMILES string of the molecule is O=C1NC(=O)N(c2ccc(Br)cc2)C(=O)/C1=C\c1cccc(OS(=O)(=O)c2ccccc2)c1. The van der Waals surface area contributed by atoms with Crippen LogP contribution in [0.25, 0.3) is 6.08 Å². The van der Waals surface area contributed by atoms with Gasteiger partial charge in [-0.2, -0.15) is 8.42 Å². The number of imide groups is 2. The molecule has 0 atom stereocenters. The van der Waals surface area contributed by atoms with Gasteiger partial charge < -0.3 is 4.18 Å². The van der Waals surface area contributed by atoms with Gasteiger partial charge in [-0.05, 0) is 60.2 Å². The molecule has 0 bridgehead atoms. The lowest BCUT2D eigenvalue weighted by atomic mass is 10.1. The number of nitrogens with zero attached hydrogens (tertiary/aromatic N) is 1. The van der Waals surface area contributed by atoms with E-state index in [0.29, 0.717) is 5.56 Å². The molecule has 8 nitrogen and oxygen atoms in total. The van der Waals surface area contributed by atoms with E-state index in [0.717, 1.165) is 9.37 Å². The minimum Gasteiger partial charge on any atom is -0.379 e. The number of halogens is 1. The van der Waals surface area contributed by atoms with Gasteiger partial charge in [0.25, 0.3) is 11.8 Å². The molecule has 1 aliphatic rings. The monoisotopic (exact) mass is 526 g/mol. The van der Waals surface area contributed by atoms with Gasteiger partial charge >= 0.3 is 16.1 Å². The fraction of sp³-hybridized carbons (Fsp3) is 0. The number of urea groups is 1. The summed E-state index contributed by atoms with van der Waals surface area (Å²) in [7, 11) is -4.06. The highest BCUT2D eigenvalue weighted by molar-refractivity contribution is 9.10. The average molecular weight is 527 g/mol. The molecular weight excluding hydrogens is 512 g/mol. The van der Waals surface area contributed by atoms with Crippen LogP contribution in [0.15, 0.2) is 93.8 Å². The molecule has 1 N–H and O–H groups in total. The third-order valence-electron chi connectivity index (χ3n) is 4.59. The minimum atomic E-state index is -4.06. The van der Waals surface area contributed by atoms with Gasteiger partial charge in [-0.15, -0.1) is 0 Å². The van der Waals surface area contributed by atoms with Gasteiger partial charge in [-0.3, -0.25) is 14.9 Å². The molecule has 0 unspecified atom stereocenters. The first-order valence-electron chi connectivity index (χ1n) is 9.51. The standard InChI is InChI=1S/C23H15BrN2O6S/c24-16-9-11-17(12-10-16)26-22(28)20(21(27)25-23(26)29)14-15-5-4-6-18(13-15)32-33(30,31)19-7-2-1-3-8-19/h1-14H,(H,25,27,29)/b20-14-. The molecule has 166 valence electrons. The Hall–Kier alpha value is -3.76. The number of carbonyl (C=O) groups is 3. The molecule has 0 saturated carbocycles. The largest absolute Gasteiger partial charge is 0.379 e. The number of hydrogen-bond donors (Lipinski definition) is 1. The van der Waals surface area contributed by atoms with Crippen molar-refractivity contribution in [3.8, 4) is 5.75 Å². The first-order chi connectivity index (χ1) is 15.7. The number of nitrogens with one attached hydrogen (secondary N) is 1. The maximum atomic E-state index is 13.0. The van der Waals surface area contributed by atoms with E-state index in [1.807, 2.05) is 0 Å². The van der Waals surface area contributed by atoms with Gasteiger partial charge in [-0.1, -0.05) is 46.3 Å². The van der Waals surface area contributed by atoms with Crippen LogP contribution in [0.3, 0.4) is 0 Å². The first kappa shape index (κ1) is 22.4. The number of hydrogen-bond acceptors (Lipinski definition) is 6. The van der Waals surface area contributed by atoms with E-state index in [1.165, 1.54) is 36.4 Å². The quantitative estimate of drug-likeness (QED) is 0.307. The normalized spacial score (nSPS) is 15.5. The van der Waals surface area contributed by atoms with E-state index in [1.54, 1.807) is 48.5 Å². The van der Waals surface area contributed by atoms with Crippen molar-refractivity contribution in [2.45, 2.75) is 4.90 Å². The van der Waals surface area contributed by atoms with Crippen molar-refractivity contribution in [1.29, 1.82) is 0 Å². The summed E-state index contributed by atoms with van der Waals surface area (Å²) >= 11 is 3.28. The average Bonchev–Trinajstić information content (AvgIpc) is 2.78. The van der Waals surface area contributed by atoms with Crippen LogP contribution in [0.4, 0.5) is 10.5 Å². The van der Waals surface area contributed by atoms with Gasteiger partial charge in [0.15, 0.2) is 0 Å². The Morgan fingerprint density at radius 1 is 0.879 bits per heavy atom. The molecule has 3 aromatic rings. The van der Waals surface area contributed by atoms with Crippen molar-refractivity contribution < 1.29 is 27.0 Å². The molecule has 0 spiro atoms. The van der Waals surface area contributed by atoms with Crippen molar-refractivity contribution in [3.05, 3.63) is 94.5 Å². The highest BCUT2D eigenvalue weighted by Gasteiger charge is 2.36. The molecule has 1 saturated heterocycles. The summed E-state index contributed by atoms with van der Waals surface area (Å²) in [6, 6.07) is 19.1. The summed E-state index contributed by atoms with van der Waals surface area (Å²) in [5, 5.41) is 2.14. The lowest BCUT2D eigenvalue weighted by Crippen LogP contribution is -2.54. The lowest BCUT2D eigenvalue weighted by molar-refractivity contribution is -0.122. The fourth-order valence-corrected chi connectivity index (χ4v) is 4.27. The second-order valence-electron chi connectivity index (χ2n) is 6.86. The summed E-state index contributed by atoms with van der Waals surface area (Å²) in [5.74, 6) is -1.67. The van der Waals surface area contributed by atoms with E-state index in [-0.39, 0.29) is 21.9 Å². The third kappa shape index (κ3) is 4.86. The molecule has 3 aromatic carbocycles. The Kier molecular flexibility index (Phi) is 6.12. The van der Waals surface area contributed by atoms with Crippen LogP contribution in [0.5, 0.6) is 5.75 Å². The minimum absolute atomic E-state index is 0.00212. The summed E-state index contributed by atoms with van der Waals surface area (Å²) in [5.41, 5.74) is 0.324. The fourth-order valence-electron chi connectivity index (χ4n) is 3.07. The zero-order valence-corrected chi connectivity index (χ0v) is 19.2. The van der Waals surface area contributed by atoms with Gasteiger partial charge in [0.2, 0.25) is 0 Å². The van der Waals surface area contributed by atoms with Gasteiger partial charge in [0.05, 0.1) is 5.69 Å². The highest BCUT2D eigenvalue weighted by atomic mass is 79.9. The molecule has 4 amide bonds. The van der Waals surface area contributed by atoms with Gasteiger partial charge in [-0.25, -0.2) is 9.69 Å². The number of anilines is 1. The Morgan fingerprint density at radius 2 is 1.58 bits per heavy atom. The van der Waals surface area contributed by atoms with Crippen LogP contribution >= 0.6 is 15.9 Å². The summed E-state index contributed by atoms with van der Waals surface area (Å²) in [6.07, 6.45) is 1.26. The van der Waals surface area contributed by atoms with Crippen LogP contribution in [0.1, 0.15) is 5.56 Å². The van der Waals surface area contributed by atoms with E-state index in [9.17, 15) is 22.8 Å². The topological polar surface area (TPSA) is 110 Å². The Labute approximate surface area is 197 Å². The third-order valence-corrected chi connectivity index (χ3v) is 6.38. The molecule has 0 radical (unpaired) electrons. The number of carbonyl (C=O) groups excluding carboxylic acids is 3. The molecule has 33 heavy (non-hydrogen) atoms. The maximum absolute atomic E-state index is 13.0. The Bertz CT molecular complexity index is 1390. The van der Waals surface area contributed by atoms with Crippen molar-refractivity contribution in [1.82, 2.24) is 5.32 Å². The maximum Gasteiger partial charge on any atom is 0.339 e. The van der Waals surface area contributed by atoms with Crippen LogP contribution in [-0.4, -0.2) is 26.3 Å². The molecule has 1 aliphatic heterocycles. The molecular formula is C23H15BrN2O6S. The summed E-state index contributed by atoms with van der Waals surface area (Å²) in [4.78, 5) is 38.5. The predicted octanol–water partition coefficient (Wildman–Crippen LogP) is 3.88. The van der Waals surface area contributed by atoms with E-state index in [2.05, 4.69) is 21.2 Å². The second kappa shape index (κ2) is 9.00. The molecule has 0 aromatic heterocycles. The highest BCUT2D eigenvalue weighted by Crippen LogP contribution is 2.25. The van der Waals surface area contributed by atoms with Crippen molar-refractivity contribution in [2.75, 3.05) is 4.90 Å². The molecule has 1 heterocycles. The van der Waals surface area contributed by atoms with Crippen LogP contribution in [0, 0.1) is 0 Å². The lowest BCUT2D eigenvalue weighted by Gasteiger charge is -2.26. The number of amides is 4. The molecule has 0 aliphatic carbocycles. The van der Waals surface area contributed by atoms with Crippen LogP contribution < -0.4 is 14.4 Å². The summed E-state index contributed by atoms with van der Waals surface area (Å²) < 4.78 is 30.9. The van der Waals surface area contributed by atoms with Gasteiger partial charge in [0.1, 0.15) is 16.2 Å². The van der Waals surface area contributed by atoms with E-state index < -0.39 is 28.0 Å². The molecule has 4 rings (SSSR count). The van der Waals surface area contributed by atoms with Gasteiger partial charge in [0, 0.05) is 4.47 Å². The number of benzene rings is 3. The van der Waals surface area contributed by atoms with Crippen LogP contribution in [-0.2, 0) is 19.7 Å². The zero-order valence-electron chi connectivity index (χ0n) is 16.8. The van der Waals surface area contributed by atoms with Crippen molar-refractivity contribution in [2.24, 2.45) is 0 Å². The van der Waals surface area contributed by atoms with E-state index >= 15 is 0 Å². The molecule has 10 heteroatoms. The van der Waals surface area contributed by atoms with Crippen molar-refractivity contribution in [3.63, 3.8) is 0 Å². The second-order valence-corrected chi connectivity index (χ2v) is 9.32. The van der Waals surface area contributed by atoms with Crippen LogP contribution in [0.2, 0.25) is 0 Å². The Morgan fingerprint density at radius 3 is 2.27 bits per heavy atom. The first-order valence-corrected chi connectivity index (χ1v) is 11.7. The Balaban J connectivity index is 1.64. The predicted molar refractivity (Wildman–Crippen MR) is 124 cm³/mol. The summed E-state index contributed by atoms with van der Waals surface area (Å²) in [6.45, 7) is 0. The molecule has 1 fully saturated rings.